The van der Waals surface area contributed by atoms with Gasteiger partial charge in [0.05, 0.1) is 25.5 Å². The Hall–Kier alpha value is -4.28. The van der Waals surface area contributed by atoms with Crippen molar-refractivity contribution in [1.82, 2.24) is 10.2 Å². The maximum atomic E-state index is 15.0. The van der Waals surface area contributed by atoms with E-state index < -0.39 is 41.7 Å². The molecule has 5 rings (SSSR count). The number of nitrogens with zero attached hydrogens (tertiary/aromatic N) is 1. The summed E-state index contributed by atoms with van der Waals surface area (Å²) in [4.78, 5) is 41.7. The minimum atomic E-state index is -1.24. The number of carbonyl (C=O) groups excluding carboxylic acids is 3. The molecule has 220 valence electrons. The third-order valence-corrected chi connectivity index (χ3v) is 7.56. The molecule has 1 saturated carbocycles. The van der Waals surface area contributed by atoms with E-state index in [4.69, 9.17) is 14.6 Å². The molecule has 9 nitrogen and oxygen atoms in total. The molecule has 1 heterocycles. The Balaban J connectivity index is 1.35. The molecule has 0 aromatic heterocycles. The number of urea groups is 1. The van der Waals surface area contributed by atoms with E-state index in [9.17, 15) is 18.8 Å². The minimum absolute atomic E-state index is 0.00406. The van der Waals surface area contributed by atoms with E-state index in [1.54, 1.807) is 37.3 Å². The summed E-state index contributed by atoms with van der Waals surface area (Å²) >= 11 is 0. The number of aliphatic hydroxyl groups excluding tert-OH is 1. The van der Waals surface area contributed by atoms with Crippen molar-refractivity contribution in [2.24, 2.45) is 0 Å². The highest BCUT2D eigenvalue weighted by Gasteiger charge is 2.47. The third-order valence-electron chi connectivity index (χ3n) is 7.56. The van der Waals surface area contributed by atoms with Gasteiger partial charge in [0.25, 0.3) is 5.91 Å². The normalized spacial score (nSPS) is 18.0. The monoisotopic (exact) mass is 575 g/mol. The molecular formula is C32H34FN3O6. The summed E-state index contributed by atoms with van der Waals surface area (Å²) in [5.74, 6) is -1.50. The van der Waals surface area contributed by atoms with Gasteiger partial charge in [-0.25, -0.2) is 14.1 Å². The summed E-state index contributed by atoms with van der Waals surface area (Å²) < 4.78 is 25.7. The summed E-state index contributed by atoms with van der Waals surface area (Å²) in [6.07, 6.45) is 2.04. The molecule has 42 heavy (non-hydrogen) atoms. The van der Waals surface area contributed by atoms with Crippen LogP contribution in [-0.4, -0.2) is 60.3 Å². The number of amides is 4. The van der Waals surface area contributed by atoms with E-state index in [1.165, 1.54) is 12.1 Å². The van der Waals surface area contributed by atoms with Crippen LogP contribution in [0, 0.1) is 5.82 Å². The third kappa shape index (κ3) is 6.61. The van der Waals surface area contributed by atoms with Gasteiger partial charge in [-0.3, -0.25) is 9.59 Å². The molecular weight excluding hydrogens is 541 g/mol. The zero-order valence-corrected chi connectivity index (χ0v) is 23.3. The fourth-order valence-electron chi connectivity index (χ4n) is 5.14. The second kappa shape index (κ2) is 13.1. The van der Waals surface area contributed by atoms with Crippen molar-refractivity contribution < 1.29 is 33.4 Å². The van der Waals surface area contributed by atoms with Gasteiger partial charge in [-0.1, -0.05) is 55.5 Å². The smallest absolute Gasteiger partial charge is 0.325 e. The Morgan fingerprint density at radius 3 is 2.40 bits per heavy atom. The van der Waals surface area contributed by atoms with Crippen LogP contribution in [0.15, 0.2) is 72.8 Å². The van der Waals surface area contributed by atoms with Gasteiger partial charge in [0.1, 0.15) is 30.3 Å². The maximum absolute atomic E-state index is 15.0. The molecule has 3 N–H and O–H groups in total. The Morgan fingerprint density at radius 2 is 1.74 bits per heavy atom. The maximum Gasteiger partial charge on any atom is 0.325 e. The van der Waals surface area contributed by atoms with Crippen molar-refractivity contribution in [3.63, 3.8) is 0 Å². The largest absolute Gasteiger partial charge is 0.491 e. The summed E-state index contributed by atoms with van der Waals surface area (Å²) in [5.41, 5.74) is 2.15. The minimum Gasteiger partial charge on any atom is -0.491 e. The molecule has 0 radical (unpaired) electrons. The quantitative estimate of drug-likeness (QED) is 0.204. The molecule has 1 aliphatic carbocycles. The van der Waals surface area contributed by atoms with Crippen LogP contribution in [0.1, 0.15) is 54.3 Å². The fourth-order valence-corrected chi connectivity index (χ4v) is 5.14. The molecule has 10 heteroatoms. The van der Waals surface area contributed by atoms with E-state index in [-0.39, 0.29) is 25.5 Å². The molecule has 0 spiro atoms. The van der Waals surface area contributed by atoms with Crippen molar-refractivity contribution >= 4 is 23.5 Å². The van der Waals surface area contributed by atoms with Crippen LogP contribution < -0.4 is 15.4 Å². The summed E-state index contributed by atoms with van der Waals surface area (Å²) in [6, 6.07) is 17.6. The lowest BCUT2D eigenvalue weighted by Crippen LogP contribution is -2.50. The lowest BCUT2D eigenvalue weighted by atomic mass is 9.91. The van der Waals surface area contributed by atoms with E-state index in [1.807, 2.05) is 30.3 Å². The highest BCUT2D eigenvalue weighted by molar-refractivity contribution is 6.10. The van der Waals surface area contributed by atoms with Crippen LogP contribution in [0.4, 0.5) is 14.9 Å². The lowest BCUT2D eigenvalue weighted by Gasteiger charge is -2.30. The number of nitrogens with one attached hydrogen (secondary N) is 2. The topological polar surface area (TPSA) is 117 Å². The van der Waals surface area contributed by atoms with E-state index >= 15 is 0 Å². The van der Waals surface area contributed by atoms with Crippen LogP contribution in [0.2, 0.25) is 0 Å². The zero-order valence-electron chi connectivity index (χ0n) is 23.3. The van der Waals surface area contributed by atoms with Gasteiger partial charge in [-0.05, 0) is 59.7 Å². The molecule has 2 fully saturated rings. The number of carbonyl (C=O) groups is 3. The van der Waals surface area contributed by atoms with E-state index in [2.05, 4.69) is 10.6 Å². The summed E-state index contributed by atoms with van der Waals surface area (Å²) in [5, 5.41) is 14.1. The Bertz CT molecular complexity index is 1410. The van der Waals surface area contributed by atoms with Crippen molar-refractivity contribution in [2.45, 2.75) is 43.7 Å². The van der Waals surface area contributed by atoms with Crippen LogP contribution in [0.5, 0.6) is 5.75 Å². The number of imide groups is 1. The van der Waals surface area contributed by atoms with Gasteiger partial charge in [0.15, 0.2) is 0 Å². The van der Waals surface area contributed by atoms with Crippen molar-refractivity contribution in [1.29, 1.82) is 0 Å². The molecule has 1 unspecified atom stereocenters. The summed E-state index contributed by atoms with van der Waals surface area (Å²) in [6.45, 7) is 2.52. The number of halogens is 1. The van der Waals surface area contributed by atoms with Crippen molar-refractivity contribution in [3.8, 4) is 5.75 Å². The lowest BCUT2D eigenvalue weighted by molar-refractivity contribution is -0.134. The molecule has 3 aromatic carbocycles. The first-order valence-electron chi connectivity index (χ1n) is 14.1. The highest BCUT2D eigenvalue weighted by Crippen LogP contribution is 2.41. The molecule has 0 bridgehead atoms. The number of ether oxygens (including phenoxy) is 2. The molecule has 1 aliphatic heterocycles. The Kier molecular flexibility index (Phi) is 9.14. The molecule has 3 aromatic rings. The first-order valence-corrected chi connectivity index (χ1v) is 14.1. The second-order valence-electron chi connectivity index (χ2n) is 10.5. The van der Waals surface area contributed by atoms with E-state index in [0.717, 1.165) is 28.9 Å². The number of benzene rings is 3. The molecule has 1 saturated heterocycles. The van der Waals surface area contributed by atoms with Crippen LogP contribution >= 0.6 is 0 Å². The Morgan fingerprint density at radius 1 is 1.02 bits per heavy atom. The standard InChI is InChI=1S/C32H34FN3O6/c1-20(21-5-3-2-4-6-21)29(30(38)34-27-14-11-24(19-26(27)33)22-7-8-22)36-31(39)28(35-32(36)40)23-9-12-25(13-10-23)42-18-17-41-16-15-37/h2-6,9-14,19-20,22,28-29,37H,7-8,15-18H2,1H3,(H,34,38)(H,35,40)/t20-,28?,29-/m0/s1. The van der Waals surface area contributed by atoms with E-state index in [0.29, 0.717) is 23.8 Å². The van der Waals surface area contributed by atoms with Crippen LogP contribution in [0.25, 0.3) is 0 Å². The van der Waals surface area contributed by atoms with Gasteiger partial charge in [0, 0.05) is 5.92 Å². The fraction of sp³-hybridized carbons (Fsp3) is 0.344. The first kappa shape index (κ1) is 29.2. The van der Waals surface area contributed by atoms with Gasteiger partial charge in [0.2, 0.25) is 5.91 Å². The Labute approximate surface area is 243 Å². The van der Waals surface area contributed by atoms with Crippen molar-refractivity contribution in [2.75, 3.05) is 31.7 Å². The average Bonchev–Trinajstić information content (AvgIpc) is 3.81. The number of aliphatic hydroxyl groups is 1. The summed E-state index contributed by atoms with van der Waals surface area (Å²) in [7, 11) is 0. The predicted molar refractivity (Wildman–Crippen MR) is 154 cm³/mol. The van der Waals surface area contributed by atoms with Crippen molar-refractivity contribution in [3.05, 3.63) is 95.3 Å². The van der Waals surface area contributed by atoms with Crippen LogP contribution in [-0.2, 0) is 14.3 Å². The number of rotatable bonds is 13. The number of anilines is 1. The highest BCUT2D eigenvalue weighted by atomic mass is 19.1. The zero-order chi connectivity index (χ0) is 29.6. The molecule has 2 aliphatic rings. The van der Waals surface area contributed by atoms with Gasteiger partial charge in [-0.15, -0.1) is 0 Å². The number of hydrogen-bond acceptors (Lipinski definition) is 6. The average molecular weight is 576 g/mol. The van der Waals surface area contributed by atoms with Gasteiger partial charge < -0.3 is 25.2 Å². The van der Waals surface area contributed by atoms with Gasteiger partial charge in [-0.2, -0.15) is 0 Å². The SMILES string of the molecule is C[C@@H](c1ccccc1)[C@@H](C(=O)Nc1ccc(C2CC2)cc1F)N1C(=O)NC(c2ccc(OCCOCCO)cc2)C1=O. The molecule has 4 amide bonds. The molecule has 3 atom stereocenters. The van der Waals surface area contributed by atoms with Crippen LogP contribution in [0.3, 0.4) is 0 Å². The predicted octanol–water partition coefficient (Wildman–Crippen LogP) is 4.49. The second-order valence-corrected chi connectivity index (χ2v) is 10.5. The van der Waals surface area contributed by atoms with Gasteiger partial charge >= 0.3 is 6.03 Å². The first-order chi connectivity index (χ1) is 20.4. The number of hydrogen-bond donors (Lipinski definition) is 3.